The number of carbonyl (C=O) groups is 2. The van der Waals surface area contributed by atoms with Crippen LogP contribution in [0.4, 0.5) is 17.1 Å². The lowest BCUT2D eigenvalue weighted by Gasteiger charge is -2.09. The highest BCUT2D eigenvalue weighted by Gasteiger charge is 2.08. The second-order valence-electron chi connectivity index (χ2n) is 5.32. The van der Waals surface area contributed by atoms with Crippen molar-refractivity contribution in [2.45, 2.75) is 0 Å². The van der Waals surface area contributed by atoms with E-state index in [0.717, 1.165) is 11.4 Å². The molecule has 0 aliphatic carbocycles. The van der Waals surface area contributed by atoms with Crippen LogP contribution in [0.1, 0.15) is 20.8 Å². The SMILES string of the molecule is NC(=O)c1ccc(C(=O)Nc2ccc(Nc3ccccc3)cc2)cn1. The van der Waals surface area contributed by atoms with Crippen molar-refractivity contribution in [3.63, 3.8) is 0 Å². The summed E-state index contributed by atoms with van der Waals surface area (Å²) in [4.78, 5) is 27.0. The number of nitrogens with one attached hydrogen (secondary N) is 2. The summed E-state index contributed by atoms with van der Waals surface area (Å²) in [5.74, 6) is -0.944. The Morgan fingerprint density at radius 2 is 1.44 bits per heavy atom. The van der Waals surface area contributed by atoms with Crippen molar-refractivity contribution in [2.24, 2.45) is 5.73 Å². The summed E-state index contributed by atoms with van der Waals surface area (Å²) in [6, 6.07) is 20.1. The topological polar surface area (TPSA) is 97.1 Å². The first-order valence-corrected chi connectivity index (χ1v) is 7.61. The molecule has 0 spiro atoms. The van der Waals surface area contributed by atoms with Gasteiger partial charge >= 0.3 is 0 Å². The molecule has 2 amide bonds. The van der Waals surface area contributed by atoms with E-state index in [-0.39, 0.29) is 11.6 Å². The van der Waals surface area contributed by atoms with Gasteiger partial charge in [0.1, 0.15) is 5.69 Å². The van der Waals surface area contributed by atoms with Crippen LogP contribution in [-0.2, 0) is 0 Å². The molecule has 0 aliphatic rings. The number of primary amides is 1. The zero-order chi connectivity index (χ0) is 17.6. The van der Waals surface area contributed by atoms with Gasteiger partial charge in [-0.05, 0) is 48.5 Å². The smallest absolute Gasteiger partial charge is 0.267 e. The van der Waals surface area contributed by atoms with Crippen LogP contribution in [0, 0.1) is 0 Å². The average molecular weight is 332 g/mol. The van der Waals surface area contributed by atoms with Crippen LogP contribution in [0.3, 0.4) is 0 Å². The van der Waals surface area contributed by atoms with Gasteiger partial charge in [-0.15, -0.1) is 0 Å². The van der Waals surface area contributed by atoms with E-state index in [0.29, 0.717) is 11.3 Å². The molecule has 6 nitrogen and oxygen atoms in total. The highest BCUT2D eigenvalue weighted by molar-refractivity contribution is 6.04. The molecule has 0 bridgehead atoms. The van der Waals surface area contributed by atoms with E-state index in [1.807, 2.05) is 42.5 Å². The number of carbonyl (C=O) groups excluding carboxylic acids is 2. The van der Waals surface area contributed by atoms with E-state index < -0.39 is 5.91 Å². The molecule has 0 atom stereocenters. The standard InChI is InChI=1S/C19H16N4O2/c20-18(24)17-11-6-13(12-21-17)19(25)23-16-9-7-15(8-10-16)22-14-4-2-1-3-5-14/h1-12,22H,(H2,20,24)(H,23,25). The van der Waals surface area contributed by atoms with Gasteiger partial charge in [-0.3, -0.25) is 14.6 Å². The van der Waals surface area contributed by atoms with Gasteiger partial charge in [-0.2, -0.15) is 0 Å². The minimum absolute atomic E-state index is 0.118. The van der Waals surface area contributed by atoms with Gasteiger partial charge in [0, 0.05) is 23.3 Å². The molecule has 3 rings (SSSR count). The first-order chi connectivity index (χ1) is 12.1. The lowest BCUT2D eigenvalue weighted by Crippen LogP contribution is -2.15. The van der Waals surface area contributed by atoms with Gasteiger partial charge in [0.15, 0.2) is 0 Å². The molecule has 0 fully saturated rings. The van der Waals surface area contributed by atoms with Gasteiger partial charge in [0.2, 0.25) is 0 Å². The molecule has 2 aromatic carbocycles. The van der Waals surface area contributed by atoms with Crippen molar-refractivity contribution in [3.05, 3.63) is 84.2 Å². The molecule has 0 unspecified atom stereocenters. The maximum Gasteiger partial charge on any atom is 0.267 e. The minimum Gasteiger partial charge on any atom is -0.364 e. The molecule has 0 radical (unpaired) electrons. The van der Waals surface area contributed by atoms with Crippen LogP contribution in [0.2, 0.25) is 0 Å². The van der Waals surface area contributed by atoms with Crippen LogP contribution >= 0.6 is 0 Å². The zero-order valence-corrected chi connectivity index (χ0v) is 13.3. The predicted octanol–water partition coefficient (Wildman–Crippen LogP) is 3.18. The van der Waals surface area contributed by atoms with E-state index in [1.54, 1.807) is 12.1 Å². The summed E-state index contributed by atoms with van der Waals surface area (Å²) in [6.07, 6.45) is 1.32. The summed E-state index contributed by atoms with van der Waals surface area (Å²) in [6.45, 7) is 0. The number of nitrogens with zero attached hydrogens (tertiary/aromatic N) is 1. The van der Waals surface area contributed by atoms with Crippen molar-refractivity contribution >= 4 is 28.9 Å². The summed E-state index contributed by atoms with van der Waals surface area (Å²) in [5.41, 5.74) is 8.14. The zero-order valence-electron chi connectivity index (χ0n) is 13.3. The molecule has 0 aliphatic heterocycles. The molecule has 0 saturated heterocycles. The third kappa shape index (κ3) is 4.20. The molecular weight excluding hydrogens is 316 g/mol. The Bertz CT molecular complexity index is 876. The van der Waals surface area contributed by atoms with Crippen molar-refractivity contribution in [1.29, 1.82) is 0 Å². The first-order valence-electron chi connectivity index (χ1n) is 7.61. The van der Waals surface area contributed by atoms with Crippen LogP contribution < -0.4 is 16.4 Å². The maximum atomic E-state index is 12.2. The number of pyridine rings is 1. The van der Waals surface area contributed by atoms with Crippen LogP contribution in [0.5, 0.6) is 0 Å². The van der Waals surface area contributed by atoms with Crippen LogP contribution in [-0.4, -0.2) is 16.8 Å². The van der Waals surface area contributed by atoms with Gasteiger partial charge in [0.25, 0.3) is 11.8 Å². The van der Waals surface area contributed by atoms with Crippen molar-refractivity contribution < 1.29 is 9.59 Å². The lowest BCUT2D eigenvalue weighted by molar-refractivity contribution is 0.0990. The number of nitrogens with two attached hydrogens (primary N) is 1. The van der Waals surface area contributed by atoms with Crippen molar-refractivity contribution in [3.8, 4) is 0 Å². The second kappa shape index (κ2) is 7.27. The lowest BCUT2D eigenvalue weighted by atomic mass is 10.2. The summed E-state index contributed by atoms with van der Waals surface area (Å²) in [5, 5.41) is 6.04. The van der Waals surface area contributed by atoms with Gasteiger partial charge in [0.05, 0.1) is 5.56 Å². The van der Waals surface area contributed by atoms with Crippen molar-refractivity contribution in [2.75, 3.05) is 10.6 Å². The van der Waals surface area contributed by atoms with E-state index in [4.69, 9.17) is 5.73 Å². The minimum atomic E-state index is -0.631. The highest BCUT2D eigenvalue weighted by atomic mass is 16.2. The molecule has 6 heteroatoms. The molecule has 25 heavy (non-hydrogen) atoms. The Kier molecular flexibility index (Phi) is 4.71. The van der Waals surface area contributed by atoms with E-state index in [9.17, 15) is 9.59 Å². The molecule has 4 N–H and O–H groups in total. The largest absolute Gasteiger partial charge is 0.364 e. The Labute approximate surface area is 144 Å². The van der Waals surface area contributed by atoms with Crippen LogP contribution in [0.15, 0.2) is 72.9 Å². The monoisotopic (exact) mass is 332 g/mol. The van der Waals surface area contributed by atoms with E-state index >= 15 is 0 Å². The number of anilines is 3. The fraction of sp³-hybridized carbons (Fsp3) is 0. The maximum absolute atomic E-state index is 12.2. The third-order valence-corrected chi connectivity index (χ3v) is 3.48. The highest BCUT2D eigenvalue weighted by Crippen LogP contribution is 2.19. The van der Waals surface area contributed by atoms with E-state index in [2.05, 4.69) is 15.6 Å². The number of hydrogen-bond donors (Lipinski definition) is 3. The van der Waals surface area contributed by atoms with Gasteiger partial charge in [-0.25, -0.2) is 0 Å². The second-order valence-corrected chi connectivity index (χ2v) is 5.32. The molecule has 0 saturated carbocycles. The van der Waals surface area contributed by atoms with Gasteiger partial charge in [-0.1, -0.05) is 18.2 Å². The molecule has 3 aromatic rings. The number of hydrogen-bond acceptors (Lipinski definition) is 4. The number of amides is 2. The molecule has 1 heterocycles. The summed E-state index contributed by atoms with van der Waals surface area (Å²) >= 11 is 0. The molecule has 124 valence electrons. The van der Waals surface area contributed by atoms with Gasteiger partial charge < -0.3 is 16.4 Å². The quantitative estimate of drug-likeness (QED) is 0.668. The average Bonchev–Trinajstić information content (AvgIpc) is 2.64. The molecular formula is C19H16N4O2. The molecule has 1 aromatic heterocycles. The number of benzene rings is 2. The Balaban J connectivity index is 1.64. The predicted molar refractivity (Wildman–Crippen MR) is 96.9 cm³/mol. The number of para-hydroxylation sites is 1. The fourth-order valence-corrected chi connectivity index (χ4v) is 2.20. The van der Waals surface area contributed by atoms with Crippen LogP contribution in [0.25, 0.3) is 0 Å². The third-order valence-electron chi connectivity index (χ3n) is 3.48. The Morgan fingerprint density at radius 1 is 0.800 bits per heavy atom. The number of aromatic nitrogens is 1. The Morgan fingerprint density at radius 3 is 2.04 bits per heavy atom. The summed E-state index contributed by atoms with van der Waals surface area (Å²) in [7, 11) is 0. The number of rotatable bonds is 5. The Hall–Kier alpha value is -3.67. The van der Waals surface area contributed by atoms with Crippen molar-refractivity contribution in [1.82, 2.24) is 4.98 Å². The van der Waals surface area contributed by atoms with E-state index in [1.165, 1.54) is 18.3 Å². The summed E-state index contributed by atoms with van der Waals surface area (Å²) < 4.78 is 0. The fourth-order valence-electron chi connectivity index (χ4n) is 2.20. The first kappa shape index (κ1) is 16.2. The normalized spacial score (nSPS) is 10.1.